The minimum absolute atomic E-state index is 0.115. The first kappa shape index (κ1) is 13.6. The molecule has 0 aromatic rings. The summed E-state index contributed by atoms with van der Waals surface area (Å²) < 4.78 is 17.9. The number of hydrogen-bond acceptors (Lipinski definition) is 2. The van der Waals surface area contributed by atoms with E-state index in [1.54, 1.807) is 0 Å². The van der Waals surface area contributed by atoms with Gasteiger partial charge in [0, 0.05) is 10.8 Å². The van der Waals surface area contributed by atoms with Gasteiger partial charge in [0.2, 0.25) is 0 Å². The Labute approximate surface area is 91.4 Å². The van der Waals surface area contributed by atoms with Gasteiger partial charge in [0.25, 0.3) is 0 Å². The fourth-order valence-electron chi connectivity index (χ4n) is 1.21. The zero-order chi connectivity index (χ0) is 11.1. The van der Waals surface area contributed by atoms with Crippen LogP contribution in [-0.4, -0.2) is 11.9 Å². The van der Waals surface area contributed by atoms with Crippen molar-refractivity contribution in [2.45, 2.75) is 39.4 Å². The van der Waals surface area contributed by atoms with Gasteiger partial charge < -0.3 is 4.74 Å². The van der Waals surface area contributed by atoms with E-state index in [2.05, 4.69) is 12.6 Å². The van der Waals surface area contributed by atoms with Crippen molar-refractivity contribution in [1.29, 1.82) is 0 Å². The first-order valence-corrected chi connectivity index (χ1v) is 5.48. The lowest BCUT2D eigenvalue weighted by Gasteiger charge is -2.22. The second kappa shape index (κ2) is 6.93. The van der Waals surface area contributed by atoms with E-state index in [1.165, 1.54) is 13.0 Å². The van der Waals surface area contributed by atoms with Crippen LogP contribution in [0.1, 0.15) is 34.1 Å². The van der Waals surface area contributed by atoms with Crippen molar-refractivity contribution in [2.75, 3.05) is 6.61 Å². The lowest BCUT2D eigenvalue weighted by Crippen LogP contribution is -2.15. The molecule has 0 fully saturated rings. The number of halogens is 1. The van der Waals surface area contributed by atoms with Crippen molar-refractivity contribution in [3.63, 3.8) is 0 Å². The summed E-state index contributed by atoms with van der Waals surface area (Å²) in [6.07, 6.45) is 2.34. The molecule has 0 aromatic heterocycles. The van der Waals surface area contributed by atoms with E-state index < -0.39 is 0 Å². The van der Waals surface area contributed by atoms with E-state index in [0.717, 1.165) is 17.8 Å². The summed E-state index contributed by atoms with van der Waals surface area (Å²) in [5.74, 6) is 0.590. The summed E-state index contributed by atoms with van der Waals surface area (Å²) in [4.78, 5) is 0. The second-order valence-corrected chi connectivity index (χ2v) is 3.52. The van der Waals surface area contributed by atoms with Crippen LogP contribution in [-0.2, 0) is 4.74 Å². The molecule has 82 valence electrons. The first-order valence-electron chi connectivity index (χ1n) is 4.96. The van der Waals surface area contributed by atoms with Crippen molar-refractivity contribution in [3.8, 4) is 0 Å². The van der Waals surface area contributed by atoms with Crippen LogP contribution >= 0.6 is 12.6 Å². The van der Waals surface area contributed by atoms with Crippen LogP contribution in [0.2, 0.25) is 0 Å². The predicted molar refractivity (Wildman–Crippen MR) is 62.3 cm³/mol. The average molecular weight is 218 g/mol. The smallest absolute Gasteiger partial charge is 0.0973 e. The van der Waals surface area contributed by atoms with Crippen LogP contribution in [0.15, 0.2) is 23.2 Å². The molecule has 14 heavy (non-hydrogen) atoms. The van der Waals surface area contributed by atoms with E-state index >= 15 is 0 Å². The standard InChI is InChI=1S/C9H13FOS.C2H6/c1-6(10)5-8-7(2)11-4-3-9(8)12;1-2/h5,9,12H,3-4H2,1-2H3;1-2H3/b6-5+;. The molecule has 1 atom stereocenters. The molecule has 0 spiro atoms. The molecule has 0 radical (unpaired) electrons. The van der Waals surface area contributed by atoms with E-state index in [4.69, 9.17) is 4.74 Å². The van der Waals surface area contributed by atoms with Crippen LogP contribution in [0.3, 0.4) is 0 Å². The van der Waals surface area contributed by atoms with E-state index in [0.29, 0.717) is 6.61 Å². The van der Waals surface area contributed by atoms with Gasteiger partial charge in [0.05, 0.1) is 18.2 Å². The van der Waals surface area contributed by atoms with Crippen LogP contribution in [0.5, 0.6) is 0 Å². The summed E-state index contributed by atoms with van der Waals surface area (Å²) in [5, 5.41) is 0.115. The maximum absolute atomic E-state index is 12.6. The minimum Gasteiger partial charge on any atom is -0.498 e. The largest absolute Gasteiger partial charge is 0.498 e. The van der Waals surface area contributed by atoms with Crippen molar-refractivity contribution < 1.29 is 9.13 Å². The highest BCUT2D eigenvalue weighted by Crippen LogP contribution is 2.25. The number of hydrogen-bond donors (Lipinski definition) is 1. The van der Waals surface area contributed by atoms with Gasteiger partial charge in [-0.15, -0.1) is 0 Å². The van der Waals surface area contributed by atoms with Gasteiger partial charge in [-0.1, -0.05) is 13.8 Å². The normalized spacial score (nSPS) is 22.4. The molecule has 0 aliphatic carbocycles. The maximum Gasteiger partial charge on any atom is 0.0973 e. The Hall–Kier alpha value is -0.440. The van der Waals surface area contributed by atoms with Crippen LogP contribution in [0.25, 0.3) is 0 Å². The lowest BCUT2D eigenvalue weighted by atomic mass is 10.1. The molecule has 1 rings (SSSR count). The average Bonchev–Trinajstić information content (AvgIpc) is 2.15. The Morgan fingerprint density at radius 1 is 1.57 bits per heavy atom. The molecule has 3 heteroatoms. The molecule has 0 bridgehead atoms. The van der Waals surface area contributed by atoms with Crippen molar-refractivity contribution in [3.05, 3.63) is 23.2 Å². The van der Waals surface area contributed by atoms with Crippen molar-refractivity contribution >= 4 is 12.6 Å². The number of thiol groups is 1. The molecule has 1 heterocycles. The number of ether oxygens (including phenoxy) is 1. The van der Waals surface area contributed by atoms with Gasteiger partial charge in [-0.2, -0.15) is 12.6 Å². The third-order valence-corrected chi connectivity index (χ3v) is 2.37. The molecular formula is C11H19FOS. The van der Waals surface area contributed by atoms with Gasteiger partial charge in [-0.25, -0.2) is 4.39 Å². The number of rotatable bonds is 1. The Kier molecular flexibility index (Phi) is 6.71. The molecule has 1 unspecified atom stereocenters. The zero-order valence-electron chi connectivity index (χ0n) is 9.30. The quantitative estimate of drug-likeness (QED) is 0.657. The van der Waals surface area contributed by atoms with E-state index in [-0.39, 0.29) is 11.1 Å². The zero-order valence-corrected chi connectivity index (χ0v) is 10.2. The highest BCUT2D eigenvalue weighted by molar-refractivity contribution is 7.81. The summed E-state index contributed by atoms with van der Waals surface area (Å²) in [7, 11) is 0. The third kappa shape index (κ3) is 4.18. The minimum atomic E-state index is -0.200. The van der Waals surface area contributed by atoms with Crippen molar-refractivity contribution in [1.82, 2.24) is 0 Å². The fraction of sp³-hybridized carbons (Fsp3) is 0.636. The van der Waals surface area contributed by atoms with Crippen LogP contribution < -0.4 is 0 Å². The lowest BCUT2D eigenvalue weighted by molar-refractivity contribution is 0.193. The van der Waals surface area contributed by atoms with Gasteiger partial charge in [-0.05, 0) is 26.3 Å². The van der Waals surface area contributed by atoms with Gasteiger partial charge in [0.15, 0.2) is 0 Å². The molecule has 0 amide bonds. The van der Waals surface area contributed by atoms with Crippen LogP contribution in [0, 0.1) is 0 Å². The Morgan fingerprint density at radius 2 is 2.14 bits per heavy atom. The molecule has 0 saturated heterocycles. The topological polar surface area (TPSA) is 9.23 Å². The molecule has 0 N–H and O–H groups in total. The maximum atomic E-state index is 12.6. The molecule has 1 nitrogen and oxygen atoms in total. The summed E-state index contributed by atoms with van der Waals surface area (Å²) in [6.45, 7) is 7.95. The molecule has 0 aromatic carbocycles. The highest BCUT2D eigenvalue weighted by atomic mass is 32.1. The SMILES string of the molecule is CC.CC1=C(/C=C(\C)F)C(S)CCO1. The molecular weight excluding hydrogens is 199 g/mol. The third-order valence-electron chi connectivity index (χ3n) is 1.83. The monoisotopic (exact) mass is 218 g/mol. The van der Waals surface area contributed by atoms with Crippen molar-refractivity contribution in [2.24, 2.45) is 0 Å². The van der Waals surface area contributed by atoms with Crippen LogP contribution in [0.4, 0.5) is 4.39 Å². The summed E-state index contributed by atoms with van der Waals surface area (Å²) in [5.41, 5.74) is 0.865. The summed E-state index contributed by atoms with van der Waals surface area (Å²) >= 11 is 4.34. The van der Waals surface area contributed by atoms with Gasteiger partial charge in [-0.3, -0.25) is 0 Å². The number of allylic oxidation sites excluding steroid dienone is 3. The predicted octanol–water partition coefficient (Wildman–Crippen LogP) is 3.88. The second-order valence-electron chi connectivity index (χ2n) is 2.90. The highest BCUT2D eigenvalue weighted by Gasteiger charge is 2.17. The van der Waals surface area contributed by atoms with E-state index in [9.17, 15) is 4.39 Å². The molecule has 0 saturated carbocycles. The van der Waals surface area contributed by atoms with Gasteiger partial charge >= 0.3 is 0 Å². The first-order chi connectivity index (χ1) is 6.61. The summed E-state index contributed by atoms with van der Waals surface area (Å²) in [6, 6.07) is 0. The Balaban J connectivity index is 0.000000791. The van der Waals surface area contributed by atoms with Gasteiger partial charge in [0.1, 0.15) is 0 Å². The molecule has 1 aliphatic rings. The Bertz CT molecular complexity index is 229. The molecule has 1 aliphatic heterocycles. The fourth-order valence-corrected chi connectivity index (χ4v) is 1.57. The van der Waals surface area contributed by atoms with E-state index in [1.807, 2.05) is 20.8 Å². The Morgan fingerprint density at radius 3 is 2.57 bits per heavy atom.